The van der Waals surface area contributed by atoms with Crippen LogP contribution in [0.25, 0.3) is 0 Å². The summed E-state index contributed by atoms with van der Waals surface area (Å²) in [6.07, 6.45) is 1.54. The number of amides is 1. The van der Waals surface area contributed by atoms with E-state index in [4.69, 9.17) is 10.8 Å². The molecule has 0 aliphatic heterocycles. The van der Waals surface area contributed by atoms with Crippen LogP contribution in [-0.4, -0.2) is 22.0 Å². The van der Waals surface area contributed by atoms with Crippen LogP contribution in [0.15, 0.2) is 42.6 Å². The number of nitrogens with two attached hydrogens (primary N) is 1. The fourth-order valence-corrected chi connectivity index (χ4v) is 1.78. The van der Waals surface area contributed by atoms with Crippen molar-refractivity contribution in [3.8, 4) is 0 Å². The van der Waals surface area contributed by atoms with E-state index in [1.54, 1.807) is 36.4 Å². The summed E-state index contributed by atoms with van der Waals surface area (Å²) in [4.78, 5) is 26.4. The van der Waals surface area contributed by atoms with Crippen molar-refractivity contribution in [1.29, 1.82) is 0 Å². The van der Waals surface area contributed by atoms with Gasteiger partial charge in [0.15, 0.2) is 0 Å². The second-order valence-electron chi connectivity index (χ2n) is 4.58. The zero-order chi connectivity index (χ0) is 15.2. The summed E-state index contributed by atoms with van der Waals surface area (Å²) in [5, 5.41) is 11.4. The third-order valence-electron chi connectivity index (χ3n) is 2.79. The van der Waals surface area contributed by atoms with E-state index in [9.17, 15) is 9.59 Å². The summed E-state index contributed by atoms with van der Waals surface area (Å²) in [7, 11) is 0. The lowest BCUT2D eigenvalue weighted by molar-refractivity contribution is -0.136. The standard InChI is InChI=1S/C15H15N3O3/c16-11-3-1-10(2-4-11)7-14(19)18-13-6-5-12(17-9-13)8-15(20)21/h1-6,9H,7-8,16H2,(H,18,19)(H,20,21). The van der Waals surface area contributed by atoms with Gasteiger partial charge in [0.2, 0.25) is 5.91 Å². The number of carboxylic acids is 1. The van der Waals surface area contributed by atoms with Crippen LogP contribution in [-0.2, 0) is 22.4 Å². The highest BCUT2D eigenvalue weighted by Gasteiger charge is 2.06. The third kappa shape index (κ3) is 4.61. The number of hydrogen-bond donors (Lipinski definition) is 3. The first-order valence-electron chi connectivity index (χ1n) is 6.34. The number of nitrogens with one attached hydrogen (secondary N) is 1. The topological polar surface area (TPSA) is 105 Å². The smallest absolute Gasteiger partial charge is 0.309 e. The van der Waals surface area contributed by atoms with Gasteiger partial charge in [-0.05, 0) is 29.8 Å². The zero-order valence-electron chi connectivity index (χ0n) is 11.2. The number of nitrogens with zero attached hydrogens (tertiary/aromatic N) is 1. The molecule has 1 aromatic carbocycles. The second-order valence-corrected chi connectivity index (χ2v) is 4.58. The fourth-order valence-electron chi connectivity index (χ4n) is 1.78. The average Bonchev–Trinajstić information content (AvgIpc) is 2.43. The lowest BCUT2D eigenvalue weighted by Crippen LogP contribution is -2.14. The molecule has 6 heteroatoms. The SMILES string of the molecule is Nc1ccc(CC(=O)Nc2ccc(CC(=O)O)nc2)cc1. The largest absolute Gasteiger partial charge is 0.481 e. The van der Waals surface area contributed by atoms with Crippen molar-refractivity contribution in [3.05, 3.63) is 53.9 Å². The Morgan fingerprint density at radius 1 is 1.10 bits per heavy atom. The number of pyridine rings is 1. The number of carbonyl (C=O) groups excluding carboxylic acids is 1. The van der Waals surface area contributed by atoms with Crippen molar-refractivity contribution in [2.45, 2.75) is 12.8 Å². The summed E-state index contributed by atoms with van der Waals surface area (Å²) < 4.78 is 0. The molecule has 4 N–H and O–H groups in total. The molecule has 6 nitrogen and oxygen atoms in total. The molecule has 0 aliphatic rings. The highest BCUT2D eigenvalue weighted by molar-refractivity contribution is 5.92. The molecule has 0 bridgehead atoms. The van der Waals surface area contributed by atoms with Gasteiger partial charge in [-0.25, -0.2) is 0 Å². The third-order valence-corrected chi connectivity index (χ3v) is 2.79. The van der Waals surface area contributed by atoms with Gasteiger partial charge < -0.3 is 16.2 Å². The minimum atomic E-state index is -0.942. The molecule has 0 spiro atoms. The monoisotopic (exact) mass is 285 g/mol. The number of aliphatic carboxylic acids is 1. The molecule has 0 saturated carbocycles. The molecule has 0 atom stereocenters. The van der Waals surface area contributed by atoms with Crippen LogP contribution in [0.3, 0.4) is 0 Å². The van der Waals surface area contributed by atoms with E-state index < -0.39 is 5.97 Å². The number of anilines is 2. The minimum absolute atomic E-state index is 0.139. The molecule has 21 heavy (non-hydrogen) atoms. The summed E-state index contributed by atoms with van der Waals surface area (Å²) in [5.41, 5.74) is 8.06. The Morgan fingerprint density at radius 3 is 2.38 bits per heavy atom. The first-order valence-corrected chi connectivity index (χ1v) is 6.34. The highest BCUT2D eigenvalue weighted by atomic mass is 16.4. The van der Waals surface area contributed by atoms with Crippen LogP contribution >= 0.6 is 0 Å². The Labute approximate surface area is 121 Å². The van der Waals surface area contributed by atoms with Gasteiger partial charge in [0.1, 0.15) is 0 Å². The van der Waals surface area contributed by atoms with E-state index in [1.807, 2.05) is 0 Å². The molecule has 0 fully saturated rings. The van der Waals surface area contributed by atoms with Gasteiger partial charge in [-0.15, -0.1) is 0 Å². The van der Waals surface area contributed by atoms with Gasteiger partial charge in [-0.2, -0.15) is 0 Å². The molecule has 2 rings (SSSR count). The van der Waals surface area contributed by atoms with Crippen LogP contribution in [0.4, 0.5) is 11.4 Å². The number of benzene rings is 1. The predicted octanol–water partition coefficient (Wildman–Crippen LogP) is 1.47. The maximum absolute atomic E-state index is 11.9. The van der Waals surface area contributed by atoms with E-state index in [2.05, 4.69) is 10.3 Å². The van der Waals surface area contributed by atoms with Crippen molar-refractivity contribution < 1.29 is 14.7 Å². The van der Waals surface area contributed by atoms with Crippen molar-refractivity contribution in [2.75, 3.05) is 11.1 Å². The Hall–Kier alpha value is -2.89. The number of aromatic nitrogens is 1. The Balaban J connectivity index is 1.93. The van der Waals surface area contributed by atoms with E-state index in [-0.39, 0.29) is 18.7 Å². The summed E-state index contributed by atoms with van der Waals surface area (Å²) in [6.45, 7) is 0. The van der Waals surface area contributed by atoms with Crippen molar-refractivity contribution in [1.82, 2.24) is 4.98 Å². The van der Waals surface area contributed by atoms with Crippen LogP contribution in [0.2, 0.25) is 0 Å². The van der Waals surface area contributed by atoms with E-state index >= 15 is 0 Å². The normalized spacial score (nSPS) is 10.1. The van der Waals surface area contributed by atoms with Crippen LogP contribution in [0.1, 0.15) is 11.3 Å². The quantitative estimate of drug-likeness (QED) is 0.721. The number of nitrogen functional groups attached to an aromatic ring is 1. The fraction of sp³-hybridized carbons (Fsp3) is 0.133. The van der Waals surface area contributed by atoms with Crippen LogP contribution < -0.4 is 11.1 Å². The molecular formula is C15H15N3O3. The van der Waals surface area contributed by atoms with Crippen molar-refractivity contribution >= 4 is 23.3 Å². The number of rotatable bonds is 5. The lowest BCUT2D eigenvalue weighted by Gasteiger charge is -2.06. The highest BCUT2D eigenvalue weighted by Crippen LogP contribution is 2.10. The first kappa shape index (κ1) is 14.5. The molecule has 1 heterocycles. The lowest BCUT2D eigenvalue weighted by atomic mass is 10.1. The molecule has 2 aromatic rings. The molecule has 0 saturated heterocycles. The van der Waals surface area contributed by atoms with E-state index in [0.29, 0.717) is 17.1 Å². The number of carbonyl (C=O) groups is 2. The van der Waals surface area contributed by atoms with Gasteiger partial charge in [0.25, 0.3) is 0 Å². The van der Waals surface area contributed by atoms with Gasteiger partial charge in [0, 0.05) is 5.69 Å². The summed E-state index contributed by atoms with van der Waals surface area (Å²) in [6, 6.07) is 10.3. The number of carboxylic acid groups (broad SMARTS) is 1. The zero-order valence-corrected chi connectivity index (χ0v) is 11.2. The van der Waals surface area contributed by atoms with Gasteiger partial charge >= 0.3 is 5.97 Å². The number of hydrogen-bond acceptors (Lipinski definition) is 4. The van der Waals surface area contributed by atoms with E-state index in [1.165, 1.54) is 6.20 Å². The Kier molecular flexibility index (Phi) is 4.50. The minimum Gasteiger partial charge on any atom is -0.481 e. The molecule has 1 aromatic heterocycles. The molecule has 1 amide bonds. The van der Waals surface area contributed by atoms with Crippen LogP contribution in [0, 0.1) is 0 Å². The van der Waals surface area contributed by atoms with Gasteiger partial charge in [-0.1, -0.05) is 12.1 Å². The molecule has 0 radical (unpaired) electrons. The molecule has 108 valence electrons. The Bertz CT molecular complexity index is 636. The molecule has 0 unspecified atom stereocenters. The van der Waals surface area contributed by atoms with Crippen LogP contribution in [0.5, 0.6) is 0 Å². The molecular weight excluding hydrogens is 270 g/mol. The average molecular weight is 285 g/mol. The Morgan fingerprint density at radius 2 is 1.81 bits per heavy atom. The maximum atomic E-state index is 11.9. The summed E-state index contributed by atoms with van der Waals surface area (Å²) >= 11 is 0. The predicted molar refractivity (Wildman–Crippen MR) is 78.8 cm³/mol. The van der Waals surface area contributed by atoms with Crippen molar-refractivity contribution in [2.24, 2.45) is 0 Å². The van der Waals surface area contributed by atoms with Gasteiger partial charge in [-0.3, -0.25) is 14.6 Å². The summed E-state index contributed by atoms with van der Waals surface area (Å²) in [5.74, 6) is -1.12. The van der Waals surface area contributed by atoms with Gasteiger partial charge in [0.05, 0.1) is 30.4 Å². The maximum Gasteiger partial charge on any atom is 0.309 e. The first-order chi connectivity index (χ1) is 10.0. The van der Waals surface area contributed by atoms with E-state index in [0.717, 1.165) is 5.56 Å². The molecule has 0 aliphatic carbocycles. The second kappa shape index (κ2) is 6.51. The van der Waals surface area contributed by atoms with Crippen molar-refractivity contribution in [3.63, 3.8) is 0 Å².